The molecular formula is C19H22O3. The maximum Gasteiger partial charge on any atom is 0.306 e. The van der Waals surface area contributed by atoms with Gasteiger partial charge in [0.1, 0.15) is 18.1 Å². The van der Waals surface area contributed by atoms with E-state index in [9.17, 15) is 4.79 Å². The standard InChI is InChI=1S/C19H22O3/c1-2-3-5-13-19(20)21-15-16-9-8-12-18(14-16)22-17-10-6-4-7-11-17/h4,6-12,14H,2-3,5,13,15H2,1H3. The zero-order valence-corrected chi connectivity index (χ0v) is 13.0. The smallest absolute Gasteiger partial charge is 0.306 e. The van der Waals surface area contributed by atoms with Gasteiger partial charge in [-0.25, -0.2) is 0 Å². The lowest BCUT2D eigenvalue weighted by Gasteiger charge is -2.08. The molecule has 0 saturated heterocycles. The number of carbonyl (C=O) groups excluding carboxylic acids is 1. The molecule has 2 aromatic carbocycles. The van der Waals surface area contributed by atoms with E-state index in [0.717, 1.165) is 36.3 Å². The second kappa shape index (κ2) is 8.88. The molecular weight excluding hydrogens is 276 g/mol. The zero-order chi connectivity index (χ0) is 15.6. The maximum absolute atomic E-state index is 11.6. The van der Waals surface area contributed by atoms with Gasteiger partial charge in [-0.1, -0.05) is 50.1 Å². The Labute approximate surface area is 131 Å². The van der Waals surface area contributed by atoms with Crippen LogP contribution in [0, 0.1) is 0 Å². The van der Waals surface area contributed by atoms with Gasteiger partial charge < -0.3 is 9.47 Å². The van der Waals surface area contributed by atoms with E-state index in [2.05, 4.69) is 6.92 Å². The van der Waals surface area contributed by atoms with Crippen molar-refractivity contribution in [2.24, 2.45) is 0 Å². The van der Waals surface area contributed by atoms with Gasteiger partial charge in [0.25, 0.3) is 0 Å². The van der Waals surface area contributed by atoms with Crippen molar-refractivity contribution in [2.45, 2.75) is 39.2 Å². The molecule has 0 N–H and O–H groups in total. The predicted molar refractivity (Wildman–Crippen MR) is 86.9 cm³/mol. The fourth-order valence-electron chi connectivity index (χ4n) is 2.08. The van der Waals surface area contributed by atoms with Crippen molar-refractivity contribution in [1.29, 1.82) is 0 Å². The molecule has 0 heterocycles. The van der Waals surface area contributed by atoms with Gasteiger partial charge >= 0.3 is 5.97 Å². The second-order valence-electron chi connectivity index (χ2n) is 5.18. The third kappa shape index (κ3) is 5.60. The molecule has 2 aromatic rings. The summed E-state index contributed by atoms with van der Waals surface area (Å²) in [6.07, 6.45) is 3.56. The van der Waals surface area contributed by atoms with Crippen LogP contribution >= 0.6 is 0 Å². The van der Waals surface area contributed by atoms with Crippen molar-refractivity contribution < 1.29 is 14.3 Å². The summed E-state index contributed by atoms with van der Waals surface area (Å²) in [6, 6.07) is 17.2. The Kier molecular flexibility index (Phi) is 6.49. The van der Waals surface area contributed by atoms with Crippen molar-refractivity contribution in [1.82, 2.24) is 0 Å². The Balaban J connectivity index is 1.85. The molecule has 0 bridgehead atoms. The fraction of sp³-hybridized carbons (Fsp3) is 0.316. The van der Waals surface area contributed by atoms with Gasteiger partial charge in [0.05, 0.1) is 0 Å². The van der Waals surface area contributed by atoms with E-state index >= 15 is 0 Å². The van der Waals surface area contributed by atoms with E-state index in [0.29, 0.717) is 6.42 Å². The molecule has 0 unspecified atom stereocenters. The average Bonchev–Trinajstić information content (AvgIpc) is 2.55. The van der Waals surface area contributed by atoms with Crippen molar-refractivity contribution in [3.8, 4) is 11.5 Å². The van der Waals surface area contributed by atoms with E-state index in [4.69, 9.17) is 9.47 Å². The average molecular weight is 298 g/mol. The van der Waals surface area contributed by atoms with E-state index in [1.54, 1.807) is 0 Å². The summed E-state index contributed by atoms with van der Waals surface area (Å²) < 4.78 is 11.1. The Morgan fingerprint density at radius 1 is 0.955 bits per heavy atom. The molecule has 116 valence electrons. The minimum Gasteiger partial charge on any atom is -0.461 e. The third-order valence-electron chi connectivity index (χ3n) is 3.26. The molecule has 0 aliphatic heterocycles. The van der Waals surface area contributed by atoms with Crippen LogP contribution in [0.4, 0.5) is 0 Å². The topological polar surface area (TPSA) is 35.5 Å². The number of ether oxygens (including phenoxy) is 2. The Bertz CT molecular complexity index is 578. The van der Waals surface area contributed by atoms with Gasteiger partial charge in [0.2, 0.25) is 0 Å². The predicted octanol–water partition coefficient (Wildman–Crippen LogP) is 5.10. The Morgan fingerprint density at radius 3 is 2.50 bits per heavy atom. The first kappa shape index (κ1) is 16.1. The van der Waals surface area contributed by atoms with Crippen LogP contribution in [0.15, 0.2) is 54.6 Å². The van der Waals surface area contributed by atoms with Gasteiger partial charge in [0.15, 0.2) is 0 Å². The first-order valence-corrected chi connectivity index (χ1v) is 7.75. The maximum atomic E-state index is 11.6. The molecule has 0 atom stereocenters. The molecule has 0 amide bonds. The summed E-state index contributed by atoms with van der Waals surface area (Å²) in [6.45, 7) is 2.40. The van der Waals surface area contributed by atoms with E-state index < -0.39 is 0 Å². The molecule has 2 rings (SSSR count). The van der Waals surface area contributed by atoms with E-state index in [1.165, 1.54) is 0 Å². The molecule has 22 heavy (non-hydrogen) atoms. The van der Waals surface area contributed by atoms with Crippen molar-refractivity contribution in [2.75, 3.05) is 0 Å². The van der Waals surface area contributed by atoms with Crippen molar-refractivity contribution >= 4 is 5.97 Å². The van der Waals surface area contributed by atoms with Crippen molar-refractivity contribution in [3.05, 3.63) is 60.2 Å². The van der Waals surface area contributed by atoms with Crippen LogP contribution in [0.25, 0.3) is 0 Å². The number of carbonyl (C=O) groups is 1. The largest absolute Gasteiger partial charge is 0.461 e. The molecule has 0 aliphatic rings. The summed E-state index contributed by atoms with van der Waals surface area (Å²) in [5, 5.41) is 0. The van der Waals surface area contributed by atoms with Crippen LogP contribution in [-0.2, 0) is 16.1 Å². The minimum atomic E-state index is -0.136. The SMILES string of the molecule is CCCCCC(=O)OCc1cccc(Oc2ccccc2)c1. The Hall–Kier alpha value is -2.29. The molecule has 3 heteroatoms. The molecule has 3 nitrogen and oxygen atoms in total. The van der Waals surface area contributed by atoms with Gasteiger partial charge in [-0.3, -0.25) is 4.79 Å². The number of hydrogen-bond acceptors (Lipinski definition) is 3. The Morgan fingerprint density at radius 2 is 1.73 bits per heavy atom. The molecule has 0 aliphatic carbocycles. The monoisotopic (exact) mass is 298 g/mol. The third-order valence-corrected chi connectivity index (χ3v) is 3.26. The highest BCUT2D eigenvalue weighted by Crippen LogP contribution is 2.22. The van der Waals surface area contributed by atoms with E-state index in [-0.39, 0.29) is 12.6 Å². The zero-order valence-electron chi connectivity index (χ0n) is 13.0. The lowest BCUT2D eigenvalue weighted by molar-refractivity contribution is -0.145. The fourth-order valence-corrected chi connectivity index (χ4v) is 2.08. The van der Waals surface area contributed by atoms with Gasteiger partial charge in [-0.2, -0.15) is 0 Å². The lowest BCUT2D eigenvalue weighted by Crippen LogP contribution is -2.04. The molecule has 0 aromatic heterocycles. The molecule has 0 spiro atoms. The first-order chi connectivity index (χ1) is 10.8. The highest BCUT2D eigenvalue weighted by atomic mass is 16.5. The van der Waals surface area contributed by atoms with Crippen LogP contribution in [0.5, 0.6) is 11.5 Å². The second-order valence-corrected chi connectivity index (χ2v) is 5.18. The summed E-state index contributed by atoms with van der Waals surface area (Å²) in [7, 11) is 0. The lowest BCUT2D eigenvalue weighted by atomic mass is 10.2. The summed E-state index contributed by atoms with van der Waals surface area (Å²) >= 11 is 0. The molecule has 0 fully saturated rings. The van der Waals surface area contributed by atoms with Gasteiger partial charge in [-0.05, 0) is 36.2 Å². The summed E-state index contributed by atoms with van der Waals surface area (Å²) in [5.41, 5.74) is 0.928. The normalized spacial score (nSPS) is 10.2. The highest BCUT2D eigenvalue weighted by molar-refractivity contribution is 5.69. The van der Waals surface area contributed by atoms with Crippen LogP contribution in [0.2, 0.25) is 0 Å². The first-order valence-electron chi connectivity index (χ1n) is 7.75. The molecule has 0 saturated carbocycles. The number of benzene rings is 2. The minimum absolute atomic E-state index is 0.136. The number of unbranched alkanes of at least 4 members (excludes halogenated alkanes) is 2. The van der Waals surface area contributed by atoms with E-state index in [1.807, 2.05) is 54.6 Å². The van der Waals surface area contributed by atoms with Crippen LogP contribution in [-0.4, -0.2) is 5.97 Å². The summed E-state index contributed by atoms with van der Waals surface area (Å²) in [5.74, 6) is 1.39. The van der Waals surface area contributed by atoms with Crippen LogP contribution in [0.1, 0.15) is 38.2 Å². The summed E-state index contributed by atoms with van der Waals surface area (Å²) in [4.78, 5) is 11.6. The number of esters is 1. The molecule has 0 radical (unpaired) electrons. The van der Waals surface area contributed by atoms with Crippen molar-refractivity contribution in [3.63, 3.8) is 0 Å². The highest BCUT2D eigenvalue weighted by Gasteiger charge is 2.04. The van der Waals surface area contributed by atoms with Crippen LogP contribution < -0.4 is 4.74 Å². The quantitative estimate of drug-likeness (QED) is 0.502. The number of para-hydroxylation sites is 1. The number of hydrogen-bond donors (Lipinski definition) is 0. The van der Waals surface area contributed by atoms with Gasteiger partial charge in [-0.15, -0.1) is 0 Å². The van der Waals surface area contributed by atoms with Gasteiger partial charge in [0, 0.05) is 6.42 Å². The van der Waals surface area contributed by atoms with Crippen LogP contribution in [0.3, 0.4) is 0 Å². The number of rotatable bonds is 8.